The second kappa shape index (κ2) is 9.07. The van der Waals surface area contributed by atoms with Crippen LogP contribution in [0.4, 0.5) is 5.69 Å². The Labute approximate surface area is 214 Å². The summed E-state index contributed by atoms with van der Waals surface area (Å²) in [5, 5.41) is 21.7. The summed E-state index contributed by atoms with van der Waals surface area (Å²) in [4.78, 5) is 16.1. The first-order chi connectivity index (χ1) is 17.5. The van der Waals surface area contributed by atoms with E-state index in [4.69, 9.17) is 21.1 Å². The molecule has 2 heterocycles. The molecule has 7 heteroatoms. The summed E-state index contributed by atoms with van der Waals surface area (Å²) in [7, 11) is 3.06. The van der Waals surface area contributed by atoms with Gasteiger partial charge in [0.1, 0.15) is 6.04 Å². The van der Waals surface area contributed by atoms with Crippen LogP contribution in [-0.2, 0) is 0 Å². The van der Waals surface area contributed by atoms with Crippen molar-refractivity contribution in [3.63, 3.8) is 0 Å². The molecule has 0 N–H and O–H groups in total. The molecular formula is C29H22ClN3O3. The summed E-state index contributed by atoms with van der Waals surface area (Å²) < 4.78 is 10.9. The first kappa shape index (κ1) is 23.5. The number of fused-ring (bicyclic) bond motifs is 3. The smallest absolute Gasteiger partial charge is 0.185 e. The molecule has 1 fully saturated rings. The van der Waals surface area contributed by atoms with Gasteiger partial charge in [-0.25, -0.2) is 0 Å². The SMILES string of the molecule is COc1ccc(C2C(C(=O)c3ccccc3)N3c4ccc(Cl)cc4C=CC3C2(C#N)C#N)cc1OC. The van der Waals surface area contributed by atoms with Gasteiger partial charge in [0.05, 0.1) is 32.4 Å². The number of methoxy groups -OCH3 is 2. The number of hydrogen-bond acceptors (Lipinski definition) is 6. The second-order valence-corrected chi connectivity index (χ2v) is 9.21. The fraction of sp³-hybridized carbons (Fsp3) is 0.207. The molecule has 36 heavy (non-hydrogen) atoms. The van der Waals surface area contributed by atoms with E-state index >= 15 is 0 Å². The van der Waals surface area contributed by atoms with Crippen molar-refractivity contribution >= 4 is 29.1 Å². The van der Waals surface area contributed by atoms with Crippen LogP contribution in [0.3, 0.4) is 0 Å². The van der Waals surface area contributed by atoms with Gasteiger partial charge in [0.15, 0.2) is 22.7 Å². The zero-order valence-electron chi connectivity index (χ0n) is 19.7. The van der Waals surface area contributed by atoms with E-state index in [2.05, 4.69) is 12.1 Å². The molecule has 5 rings (SSSR count). The molecule has 0 spiro atoms. The summed E-state index contributed by atoms with van der Waals surface area (Å²) in [6.45, 7) is 0. The number of carbonyl (C=O) groups is 1. The summed E-state index contributed by atoms with van der Waals surface area (Å²) in [6, 6.07) is 22.8. The molecular weight excluding hydrogens is 474 g/mol. The van der Waals surface area contributed by atoms with Gasteiger partial charge in [0.25, 0.3) is 0 Å². The van der Waals surface area contributed by atoms with Crippen molar-refractivity contribution in [2.75, 3.05) is 19.1 Å². The van der Waals surface area contributed by atoms with Crippen LogP contribution >= 0.6 is 11.6 Å². The summed E-state index contributed by atoms with van der Waals surface area (Å²) in [5.41, 5.74) is 1.16. The van der Waals surface area contributed by atoms with Gasteiger partial charge in [-0.2, -0.15) is 10.5 Å². The zero-order valence-corrected chi connectivity index (χ0v) is 20.4. The van der Waals surface area contributed by atoms with E-state index in [1.165, 1.54) is 14.2 Å². The fourth-order valence-electron chi connectivity index (χ4n) is 5.46. The number of nitriles is 2. The highest BCUT2D eigenvalue weighted by Gasteiger charge is 2.63. The van der Waals surface area contributed by atoms with Crippen molar-refractivity contribution in [1.82, 2.24) is 0 Å². The molecule has 2 aliphatic heterocycles. The van der Waals surface area contributed by atoms with Crippen LogP contribution in [0.15, 0.2) is 72.8 Å². The number of rotatable bonds is 5. The maximum absolute atomic E-state index is 14.2. The molecule has 0 bridgehead atoms. The van der Waals surface area contributed by atoms with E-state index in [0.717, 1.165) is 11.3 Å². The number of ether oxygens (including phenoxy) is 2. The third kappa shape index (κ3) is 3.42. The average molecular weight is 496 g/mol. The highest BCUT2D eigenvalue weighted by Crippen LogP contribution is 2.56. The second-order valence-electron chi connectivity index (χ2n) is 8.77. The number of anilines is 1. The highest BCUT2D eigenvalue weighted by atomic mass is 35.5. The Kier molecular flexibility index (Phi) is 5.92. The minimum Gasteiger partial charge on any atom is -0.493 e. The Morgan fingerprint density at radius 1 is 0.972 bits per heavy atom. The molecule has 3 aromatic carbocycles. The van der Waals surface area contributed by atoms with Gasteiger partial charge in [0, 0.05) is 22.2 Å². The lowest BCUT2D eigenvalue weighted by atomic mass is 9.69. The number of hydrogen-bond donors (Lipinski definition) is 0. The Morgan fingerprint density at radius 3 is 2.36 bits per heavy atom. The van der Waals surface area contributed by atoms with Gasteiger partial charge in [-0.05, 0) is 41.5 Å². The van der Waals surface area contributed by atoms with Crippen molar-refractivity contribution in [2.45, 2.75) is 18.0 Å². The first-order valence-corrected chi connectivity index (χ1v) is 11.8. The van der Waals surface area contributed by atoms with Crippen LogP contribution in [0.5, 0.6) is 11.5 Å². The Bertz CT molecular complexity index is 1440. The van der Waals surface area contributed by atoms with Crippen LogP contribution in [0.1, 0.15) is 27.4 Å². The van der Waals surface area contributed by atoms with Gasteiger partial charge >= 0.3 is 0 Å². The van der Waals surface area contributed by atoms with Crippen LogP contribution in [-0.4, -0.2) is 32.1 Å². The topological polar surface area (TPSA) is 86.4 Å². The maximum Gasteiger partial charge on any atom is 0.185 e. The largest absolute Gasteiger partial charge is 0.493 e. The number of carbonyl (C=O) groups excluding carboxylic acids is 1. The van der Waals surface area contributed by atoms with Gasteiger partial charge in [-0.3, -0.25) is 4.79 Å². The van der Waals surface area contributed by atoms with Gasteiger partial charge < -0.3 is 14.4 Å². The Hall–Kier alpha value is -4.26. The van der Waals surface area contributed by atoms with Gasteiger partial charge in [0.2, 0.25) is 0 Å². The summed E-state index contributed by atoms with van der Waals surface area (Å²) in [6.07, 6.45) is 3.70. The lowest BCUT2D eigenvalue weighted by Crippen LogP contribution is -2.44. The van der Waals surface area contributed by atoms with Gasteiger partial charge in [-0.1, -0.05) is 60.2 Å². The van der Waals surface area contributed by atoms with E-state index in [1.54, 1.807) is 48.5 Å². The lowest BCUT2D eigenvalue weighted by Gasteiger charge is -2.35. The zero-order chi connectivity index (χ0) is 25.4. The van der Waals surface area contributed by atoms with Crippen LogP contribution in [0, 0.1) is 28.1 Å². The highest BCUT2D eigenvalue weighted by molar-refractivity contribution is 6.30. The van der Waals surface area contributed by atoms with Crippen molar-refractivity contribution in [2.24, 2.45) is 5.41 Å². The molecule has 0 radical (unpaired) electrons. The lowest BCUT2D eigenvalue weighted by molar-refractivity contribution is 0.0951. The van der Waals surface area contributed by atoms with Crippen LogP contribution in [0.25, 0.3) is 6.08 Å². The van der Waals surface area contributed by atoms with E-state index < -0.39 is 23.4 Å². The van der Waals surface area contributed by atoms with Crippen molar-refractivity contribution in [3.05, 3.63) is 94.5 Å². The third-order valence-corrected chi connectivity index (χ3v) is 7.30. The summed E-state index contributed by atoms with van der Waals surface area (Å²) in [5.74, 6) is 0.0147. The predicted molar refractivity (Wildman–Crippen MR) is 137 cm³/mol. The first-order valence-electron chi connectivity index (χ1n) is 11.4. The number of Topliss-reactive ketones (excluding diaryl/α,β-unsaturated/α-hetero) is 1. The average Bonchev–Trinajstić information content (AvgIpc) is 3.23. The molecule has 2 aliphatic rings. The van der Waals surface area contributed by atoms with Crippen molar-refractivity contribution in [1.29, 1.82) is 10.5 Å². The van der Waals surface area contributed by atoms with Crippen molar-refractivity contribution < 1.29 is 14.3 Å². The number of benzene rings is 3. The monoisotopic (exact) mass is 495 g/mol. The molecule has 3 unspecified atom stereocenters. The van der Waals surface area contributed by atoms with Crippen LogP contribution < -0.4 is 14.4 Å². The summed E-state index contributed by atoms with van der Waals surface area (Å²) >= 11 is 6.26. The molecule has 3 aromatic rings. The molecule has 3 atom stereocenters. The third-order valence-electron chi connectivity index (χ3n) is 7.06. The number of halogens is 1. The standard InChI is InChI=1S/C29H22ClN3O3/c1-35-23-12-8-20(15-24(23)36-2)26-27(28(34)18-6-4-3-5-7-18)33-22-11-10-21(30)14-19(22)9-13-25(33)29(26,16-31)17-32/h3-15,25-27H,1-2H3. The Morgan fingerprint density at radius 2 is 1.69 bits per heavy atom. The molecule has 1 saturated heterocycles. The minimum absolute atomic E-state index is 0.177. The maximum atomic E-state index is 14.2. The van der Waals surface area contributed by atoms with Crippen molar-refractivity contribution in [3.8, 4) is 23.6 Å². The number of ketones is 1. The Balaban J connectivity index is 1.79. The van der Waals surface area contributed by atoms with Crippen LogP contribution in [0.2, 0.25) is 5.02 Å². The van der Waals surface area contributed by atoms with E-state index in [1.807, 2.05) is 35.3 Å². The molecule has 178 valence electrons. The molecule has 0 saturated carbocycles. The van der Waals surface area contributed by atoms with E-state index in [9.17, 15) is 15.3 Å². The van der Waals surface area contributed by atoms with E-state index in [0.29, 0.717) is 27.6 Å². The minimum atomic E-state index is -1.55. The molecule has 0 aromatic heterocycles. The quantitative estimate of drug-likeness (QED) is 0.426. The normalized spacial score (nSPS) is 21.0. The van der Waals surface area contributed by atoms with E-state index in [-0.39, 0.29) is 5.78 Å². The molecule has 6 nitrogen and oxygen atoms in total. The molecule has 0 amide bonds. The predicted octanol–water partition coefficient (Wildman–Crippen LogP) is 5.64. The van der Waals surface area contributed by atoms with Gasteiger partial charge in [-0.15, -0.1) is 0 Å². The fourth-order valence-corrected chi connectivity index (χ4v) is 5.64. The number of nitrogens with zero attached hydrogens (tertiary/aromatic N) is 3. The molecule has 0 aliphatic carbocycles.